The summed E-state index contributed by atoms with van der Waals surface area (Å²) in [7, 11) is 0. The maximum Gasteiger partial charge on any atom is 0.274 e. The number of likely N-dealkylation sites (tertiary alicyclic amines) is 1. The molecule has 0 radical (unpaired) electrons. The number of carbonyl (C=O) groups excluding carboxylic acids is 1. The monoisotopic (exact) mass is 323 g/mol. The number of benzene rings is 1. The van der Waals surface area contributed by atoms with Crippen LogP contribution >= 0.6 is 0 Å². The molecule has 2 aromatic rings. The third kappa shape index (κ3) is 2.69. The standard InChI is InChI=1S/C19H21N3O2/c1-13-7-8-17(21-20-13)19(23)22-11-15(14-5-3-2-4-6-14)16-12-24-10-9-18(16)22/h2-8,15-16,18H,9-12H2,1H3/t15-,16-,18-/m1/s1. The molecule has 5 heteroatoms. The van der Waals surface area contributed by atoms with E-state index >= 15 is 0 Å². The van der Waals surface area contributed by atoms with Gasteiger partial charge in [0.1, 0.15) is 0 Å². The molecule has 0 saturated carbocycles. The van der Waals surface area contributed by atoms with Crippen LogP contribution in [0.15, 0.2) is 42.5 Å². The molecule has 2 saturated heterocycles. The maximum absolute atomic E-state index is 13.0. The second-order valence-corrected chi connectivity index (χ2v) is 6.63. The van der Waals surface area contributed by atoms with Crippen molar-refractivity contribution in [3.8, 4) is 0 Å². The average Bonchev–Trinajstić information content (AvgIpc) is 3.02. The zero-order valence-electron chi connectivity index (χ0n) is 13.8. The van der Waals surface area contributed by atoms with Gasteiger partial charge in [-0.1, -0.05) is 30.3 Å². The van der Waals surface area contributed by atoms with Crippen molar-refractivity contribution in [1.82, 2.24) is 15.1 Å². The van der Waals surface area contributed by atoms with E-state index in [1.807, 2.05) is 24.0 Å². The smallest absolute Gasteiger partial charge is 0.274 e. The lowest BCUT2D eigenvalue weighted by molar-refractivity contribution is 0.0186. The van der Waals surface area contributed by atoms with Crippen LogP contribution in [0.5, 0.6) is 0 Å². The molecular formula is C19H21N3O2. The molecule has 24 heavy (non-hydrogen) atoms. The maximum atomic E-state index is 13.0. The predicted molar refractivity (Wildman–Crippen MR) is 89.7 cm³/mol. The van der Waals surface area contributed by atoms with E-state index in [0.29, 0.717) is 30.7 Å². The van der Waals surface area contributed by atoms with Crippen molar-refractivity contribution >= 4 is 5.91 Å². The van der Waals surface area contributed by atoms with Gasteiger partial charge in [-0.2, -0.15) is 5.10 Å². The first-order chi connectivity index (χ1) is 11.7. The largest absolute Gasteiger partial charge is 0.381 e. The Balaban J connectivity index is 1.63. The van der Waals surface area contributed by atoms with Gasteiger partial charge in [-0.25, -0.2) is 0 Å². The quantitative estimate of drug-likeness (QED) is 0.852. The molecule has 2 aliphatic heterocycles. The van der Waals surface area contributed by atoms with Crippen molar-refractivity contribution in [3.63, 3.8) is 0 Å². The van der Waals surface area contributed by atoms with E-state index in [1.165, 1.54) is 5.56 Å². The van der Waals surface area contributed by atoms with Gasteiger partial charge >= 0.3 is 0 Å². The molecule has 1 amide bonds. The van der Waals surface area contributed by atoms with Crippen LogP contribution in [0, 0.1) is 12.8 Å². The van der Waals surface area contributed by atoms with Gasteiger partial charge in [-0.05, 0) is 31.0 Å². The molecule has 3 heterocycles. The minimum atomic E-state index is -0.0159. The number of aromatic nitrogens is 2. The van der Waals surface area contributed by atoms with Crippen LogP contribution in [0.25, 0.3) is 0 Å². The molecule has 2 aliphatic rings. The SMILES string of the molecule is Cc1ccc(C(=O)N2C[C@H](c3ccccc3)[C@H]3COCC[C@H]32)nn1. The number of nitrogens with zero attached hydrogens (tertiary/aromatic N) is 3. The molecule has 124 valence electrons. The second-order valence-electron chi connectivity index (χ2n) is 6.63. The first-order valence-electron chi connectivity index (χ1n) is 8.48. The molecule has 0 bridgehead atoms. The van der Waals surface area contributed by atoms with E-state index in [0.717, 1.165) is 18.7 Å². The molecule has 3 atom stereocenters. The van der Waals surface area contributed by atoms with Crippen LogP contribution in [0.3, 0.4) is 0 Å². The molecule has 0 unspecified atom stereocenters. The predicted octanol–water partition coefficient (Wildman–Crippen LogP) is 2.43. The van der Waals surface area contributed by atoms with Crippen molar-refractivity contribution in [1.29, 1.82) is 0 Å². The number of fused-ring (bicyclic) bond motifs is 1. The second kappa shape index (κ2) is 6.32. The fourth-order valence-corrected chi connectivity index (χ4v) is 3.95. The Kier molecular flexibility index (Phi) is 4.02. The third-order valence-corrected chi connectivity index (χ3v) is 5.18. The van der Waals surface area contributed by atoms with Crippen LogP contribution in [0.1, 0.15) is 34.1 Å². The first-order valence-corrected chi connectivity index (χ1v) is 8.48. The lowest BCUT2D eigenvalue weighted by Gasteiger charge is -2.32. The lowest BCUT2D eigenvalue weighted by Crippen LogP contribution is -2.42. The zero-order chi connectivity index (χ0) is 16.5. The van der Waals surface area contributed by atoms with Gasteiger partial charge in [-0.3, -0.25) is 4.79 Å². The Bertz CT molecular complexity index is 717. The highest BCUT2D eigenvalue weighted by atomic mass is 16.5. The number of aryl methyl sites for hydroxylation is 1. The van der Waals surface area contributed by atoms with Crippen LogP contribution in [0.2, 0.25) is 0 Å². The van der Waals surface area contributed by atoms with Crippen molar-refractivity contribution in [2.75, 3.05) is 19.8 Å². The molecule has 1 aromatic heterocycles. The molecule has 0 N–H and O–H groups in total. The topological polar surface area (TPSA) is 55.3 Å². The number of carbonyl (C=O) groups is 1. The van der Waals surface area contributed by atoms with E-state index in [1.54, 1.807) is 6.07 Å². The van der Waals surface area contributed by atoms with Crippen LogP contribution < -0.4 is 0 Å². The Labute approximate surface area is 141 Å². The summed E-state index contributed by atoms with van der Waals surface area (Å²) in [6, 6.07) is 14.3. The van der Waals surface area contributed by atoms with Crippen LogP contribution in [0.4, 0.5) is 0 Å². The van der Waals surface area contributed by atoms with Crippen molar-refractivity contribution in [2.24, 2.45) is 5.92 Å². The number of hydrogen-bond acceptors (Lipinski definition) is 4. The molecule has 2 fully saturated rings. The van der Waals surface area contributed by atoms with E-state index in [2.05, 4.69) is 34.5 Å². The Morgan fingerprint density at radius 1 is 1.17 bits per heavy atom. The Morgan fingerprint density at radius 2 is 2.00 bits per heavy atom. The van der Waals surface area contributed by atoms with Gasteiger partial charge in [0, 0.05) is 31.0 Å². The van der Waals surface area contributed by atoms with Gasteiger partial charge in [0.05, 0.1) is 12.3 Å². The molecule has 4 rings (SSSR count). The Morgan fingerprint density at radius 3 is 2.75 bits per heavy atom. The first kappa shape index (κ1) is 15.3. The van der Waals surface area contributed by atoms with E-state index in [-0.39, 0.29) is 11.9 Å². The Hall–Kier alpha value is -2.27. The summed E-state index contributed by atoms with van der Waals surface area (Å²) in [4.78, 5) is 15.0. The average molecular weight is 323 g/mol. The van der Waals surface area contributed by atoms with Gasteiger partial charge in [0.25, 0.3) is 5.91 Å². The highest BCUT2D eigenvalue weighted by molar-refractivity contribution is 5.92. The number of amides is 1. The highest BCUT2D eigenvalue weighted by Crippen LogP contribution is 2.41. The van der Waals surface area contributed by atoms with Crippen molar-refractivity contribution < 1.29 is 9.53 Å². The third-order valence-electron chi connectivity index (χ3n) is 5.18. The van der Waals surface area contributed by atoms with Crippen LogP contribution in [-0.2, 0) is 4.74 Å². The minimum absolute atomic E-state index is 0.0159. The van der Waals surface area contributed by atoms with Crippen molar-refractivity contribution in [3.05, 3.63) is 59.4 Å². The van der Waals surface area contributed by atoms with Crippen molar-refractivity contribution in [2.45, 2.75) is 25.3 Å². The fraction of sp³-hybridized carbons (Fsp3) is 0.421. The summed E-state index contributed by atoms with van der Waals surface area (Å²) < 4.78 is 5.72. The summed E-state index contributed by atoms with van der Waals surface area (Å²) in [5.74, 6) is 0.653. The fourth-order valence-electron chi connectivity index (χ4n) is 3.95. The minimum Gasteiger partial charge on any atom is -0.381 e. The molecule has 5 nitrogen and oxygen atoms in total. The van der Waals surface area contributed by atoms with Gasteiger partial charge in [0.15, 0.2) is 5.69 Å². The number of hydrogen-bond donors (Lipinski definition) is 0. The number of ether oxygens (including phenoxy) is 1. The van der Waals surface area contributed by atoms with E-state index < -0.39 is 0 Å². The molecule has 1 aromatic carbocycles. The molecular weight excluding hydrogens is 302 g/mol. The highest BCUT2D eigenvalue weighted by Gasteiger charge is 2.46. The van der Waals surface area contributed by atoms with Gasteiger partial charge in [-0.15, -0.1) is 5.10 Å². The normalized spacial score (nSPS) is 26.2. The zero-order valence-corrected chi connectivity index (χ0v) is 13.8. The van der Waals surface area contributed by atoms with Gasteiger partial charge < -0.3 is 9.64 Å². The summed E-state index contributed by atoms with van der Waals surface area (Å²) in [6.45, 7) is 4.02. The summed E-state index contributed by atoms with van der Waals surface area (Å²) in [5.41, 5.74) is 2.53. The number of rotatable bonds is 2. The summed E-state index contributed by atoms with van der Waals surface area (Å²) in [5, 5.41) is 8.12. The van der Waals surface area contributed by atoms with Crippen LogP contribution in [-0.4, -0.2) is 46.8 Å². The molecule has 0 aliphatic carbocycles. The lowest BCUT2D eigenvalue weighted by atomic mass is 9.84. The van der Waals surface area contributed by atoms with E-state index in [4.69, 9.17) is 4.74 Å². The van der Waals surface area contributed by atoms with E-state index in [9.17, 15) is 4.79 Å². The summed E-state index contributed by atoms with van der Waals surface area (Å²) >= 11 is 0. The molecule has 0 spiro atoms. The summed E-state index contributed by atoms with van der Waals surface area (Å²) in [6.07, 6.45) is 0.888. The van der Waals surface area contributed by atoms with Gasteiger partial charge in [0.2, 0.25) is 0 Å².